The summed E-state index contributed by atoms with van der Waals surface area (Å²) >= 11 is 0. The van der Waals surface area contributed by atoms with E-state index in [9.17, 15) is 4.39 Å². The van der Waals surface area contributed by atoms with Crippen molar-refractivity contribution in [3.8, 4) is 0 Å². The molecule has 0 atom stereocenters. The number of hydrogen-bond acceptors (Lipinski definition) is 1. The van der Waals surface area contributed by atoms with Gasteiger partial charge in [0.25, 0.3) is 0 Å². The van der Waals surface area contributed by atoms with Crippen LogP contribution in [0.5, 0.6) is 0 Å². The molecule has 0 aliphatic rings. The Bertz CT molecular complexity index is 460. The summed E-state index contributed by atoms with van der Waals surface area (Å²) < 4.78 is 13.5. The molecule has 2 rings (SSSR count). The normalized spacial score (nSPS) is 10.1. The van der Waals surface area contributed by atoms with Crippen LogP contribution in [0.1, 0.15) is 25.0 Å². The Kier molecular flexibility index (Phi) is 4.50. The van der Waals surface area contributed by atoms with Crippen LogP contribution in [0.3, 0.4) is 0 Å². The lowest BCUT2D eigenvalue weighted by Crippen LogP contribution is -2.02. The molecule has 0 spiro atoms. The molecule has 1 aromatic carbocycles. The maximum Gasteiger partial charge on any atom is 0.132 e. The molecule has 0 saturated carbocycles. The number of H-pyrrole nitrogens is 1. The highest BCUT2D eigenvalue weighted by Crippen LogP contribution is 2.24. The first-order valence-electron chi connectivity index (χ1n) is 5.69. The number of hydrogen-bond donors (Lipinski definition) is 2. The molecule has 0 aliphatic carbocycles. The van der Waals surface area contributed by atoms with E-state index in [0.29, 0.717) is 18.4 Å². The molecule has 16 heavy (non-hydrogen) atoms. The second-order valence-electron chi connectivity index (χ2n) is 3.47. The van der Waals surface area contributed by atoms with Gasteiger partial charge in [-0.3, -0.25) is 0 Å². The number of aromatic amines is 1. The first-order valence-corrected chi connectivity index (χ1v) is 5.69. The average molecular weight is 222 g/mol. The summed E-state index contributed by atoms with van der Waals surface area (Å²) in [4.78, 5) is 3.09. The molecule has 0 bridgehead atoms. The standard InChI is InChI=1S/C11H13FN2.C2H6/c1-7-2-3-9(12)10-8(4-5-13)6-14-11(7)10;1-2/h2-3,6,14H,4-5,13H2,1H3;1-2H3. The number of nitrogens with two attached hydrogens (primary N) is 1. The van der Waals surface area contributed by atoms with E-state index in [1.807, 2.05) is 27.0 Å². The zero-order valence-electron chi connectivity index (χ0n) is 10.1. The molecule has 0 saturated heterocycles. The fraction of sp³-hybridized carbons (Fsp3) is 0.385. The van der Waals surface area contributed by atoms with E-state index in [1.54, 1.807) is 6.07 Å². The van der Waals surface area contributed by atoms with Gasteiger partial charge in [-0.15, -0.1) is 0 Å². The van der Waals surface area contributed by atoms with E-state index in [0.717, 1.165) is 16.6 Å². The molecule has 88 valence electrons. The molecule has 2 aromatic rings. The predicted octanol–water partition coefficient (Wildman–Crippen LogP) is 3.14. The predicted molar refractivity (Wildman–Crippen MR) is 67.1 cm³/mol. The lowest BCUT2D eigenvalue weighted by Gasteiger charge is -2.00. The summed E-state index contributed by atoms with van der Waals surface area (Å²) in [5, 5.41) is 0.690. The number of aryl methyl sites for hydroxylation is 1. The van der Waals surface area contributed by atoms with Gasteiger partial charge in [-0.25, -0.2) is 4.39 Å². The van der Waals surface area contributed by atoms with Crippen molar-refractivity contribution in [2.75, 3.05) is 6.54 Å². The Labute approximate surface area is 95.7 Å². The van der Waals surface area contributed by atoms with Crippen LogP contribution in [0.4, 0.5) is 4.39 Å². The van der Waals surface area contributed by atoms with Gasteiger partial charge in [0, 0.05) is 11.6 Å². The number of halogens is 1. The lowest BCUT2D eigenvalue weighted by atomic mass is 10.1. The molecule has 0 aliphatic heterocycles. The average Bonchev–Trinajstić information content (AvgIpc) is 2.72. The van der Waals surface area contributed by atoms with Crippen molar-refractivity contribution in [2.45, 2.75) is 27.2 Å². The molecule has 3 heteroatoms. The third-order valence-electron chi connectivity index (χ3n) is 2.49. The molecular weight excluding hydrogens is 203 g/mol. The maximum atomic E-state index is 13.5. The summed E-state index contributed by atoms with van der Waals surface area (Å²) in [5.74, 6) is -0.171. The zero-order valence-corrected chi connectivity index (χ0v) is 10.1. The summed E-state index contributed by atoms with van der Waals surface area (Å²) in [7, 11) is 0. The minimum absolute atomic E-state index is 0.171. The smallest absolute Gasteiger partial charge is 0.132 e. The Morgan fingerprint density at radius 2 is 2.00 bits per heavy atom. The first kappa shape index (κ1) is 12.7. The van der Waals surface area contributed by atoms with Gasteiger partial charge in [-0.2, -0.15) is 0 Å². The van der Waals surface area contributed by atoms with Crippen LogP contribution < -0.4 is 5.73 Å². The van der Waals surface area contributed by atoms with Crippen LogP contribution in [0.25, 0.3) is 10.9 Å². The molecule has 3 N–H and O–H groups in total. The van der Waals surface area contributed by atoms with Gasteiger partial charge in [0.15, 0.2) is 0 Å². The summed E-state index contributed by atoms with van der Waals surface area (Å²) in [5.41, 5.74) is 8.37. The van der Waals surface area contributed by atoms with Crippen LogP contribution in [-0.4, -0.2) is 11.5 Å². The highest BCUT2D eigenvalue weighted by Gasteiger charge is 2.09. The number of aromatic nitrogens is 1. The van der Waals surface area contributed by atoms with Crippen molar-refractivity contribution in [1.82, 2.24) is 4.98 Å². The van der Waals surface area contributed by atoms with Crippen molar-refractivity contribution in [2.24, 2.45) is 5.73 Å². The van der Waals surface area contributed by atoms with Gasteiger partial charge >= 0.3 is 0 Å². The second kappa shape index (κ2) is 5.66. The van der Waals surface area contributed by atoms with Gasteiger partial charge in [0.2, 0.25) is 0 Å². The van der Waals surface area contributed by atoms with Gasteiger partial charge in [-0.1, -0.05) is 19.9 Å². The van der Waals surface area contributed by atoms with Crippen molar-refractivity contribution >= 4 is 10.9 Å². The fourth-order valence-corrected chi connectivity index (χ4v) is 1.77. The third kappa shape index (κ3) is 2.25. The van der Waals surface area contributed by atoms with Gasteiger partial charge < -0.3 is 10.7 Å². The summed E-state index contributed by atoms with van der Waals surface area (Å²) in [6.45, 7) is 6.50. The number of rotatable bonds is 2. The third-order valence-corrected chi connectivity index (χ3v) is 2.49. The van der Waals surface area contributed by atoms with Gasteiger partial charge in [-0.05, 0) is 37.1 Å². The van der Waals surface area contributed by atoms with E-state index in [1.165, 1.54) is 6.07 Å². The highest BCUT2D eigenvalue weighted by molar-refractivity contribution is 5.86. The van der Waals surface area contributed by atoms with E-state index >= 15 is 0 Å². The zero-order chi connectivity index (χ0) is 12.1. The van der Waals surface area contributed by atoms with Crippen molar-refractivity contribution in [1.29, 1.82) is 0 Å². The minimum atomic E-state index is -0.171. The van der Waals surface area contributed by atoms with Crippen LogP contribution in [0.15, 0.2) is 18.3 Å². The van der Waals surface area contributed by atoms with Crippen LogP contribution in [0.2, 0.25) is 0 Å². The number of fused-ring (bicyclic) bond motifs is 1. The molecule has 0 amide bonds. The maximum absolute atomic E-state index is 13.5. The molecule has 0 radical (unpaired) electrons. The van der Waals surface area contributed by atoms with Crippen LogP contribution in [0, 0.1) is 12.7 Å². The fourth-order valence-electron chi connectivity index (χ4n) is 1.77. The first-order chi connectivity index (χ1) is 7.74. The topological polar surface area (TPSA) is 41.8 Å². The van der Waals surface area contributed by atoms with Crippen LogP contribution >= 0.6 is 0 Å². The molecule has 0 fully saturated rings. The minimum Gasteiger partial charge on any atom is -0.361 e. The van der Waals surface area contributed by atoms with E-state index in [4.69, 9.17) is 5.73 Å². The van der Waals surface area contributed by atoms with E-state index in [2.05, 4.69) is 4.98 Å². The van der Waals surface area contributed by atoms with Gasteiger partial charge in [0.05, 0.1) is 5.52 Å². The number of benzene rings is 1. The second-order valence-corrected chi connectivity index (χ2v) is 3.47. The van der Waals surface area contributed by atoms with Crippen molar-refractivity contribution in [3.63, 3.8) is 0 Å². The highest BCUT2D eigenvalue weighted by atomic mass is 19.1. The van der Waals surface area contributed by atoms with E-state index < -0.39 is 0 Å². The lowest BCUT2D eigenvalue weighted by molar-refractivity contribution is 0.638. The largest absolute Gasteiger partial charge is 0.361 e. The van der Waals surface area contributed by atoms with Crippen molar-refractivity contribution in [3.05, 3.63) is 35.3 Å². The number of nitrogens with one attached hydrogen (secondary N) is 1. The van der Waals surface area contributed by atoms with Gasteiger partial charge in [0.1, 0.15) is 5.82 Å². The summed E-state index contributed by atoms with van der Waals surface area (Å²) in [6.07, 6.45) is 2.55. The quantitative estimate of drug-likeness (QED) is 0.805. The summed E-state index contributed by atoms with van der Waals surface area (Å²) in [6, 6.07) is 3.28. The van der Waals surface area contributed by atoms with Crippen LogP contribution in [-0.2, 0) is 6.42 Å². The molecule has 1 heterocycles. The van der Waals surface area contributed by atoms with Crippen molar-refractivity contribution < 1.29 is 4.39 Å². The Hall–Kier alpha value is -1.35. The monoisotopic (exact) mass is 222 g/mol. The Balaban J connectivity index is 0.000000606. The molecule has 2 nitrogen and oxygen atoms in total. The Morgan fingerprint density at radius 1 is 1.31 bits per heavy atom. The SMILES string of the molecule is CC.Cc1ccc(F)c2c(CCN)c[nH]c12. The Morgan fingerprint density at radius 3 is 2.62 bits per heavy atom. The molecule has 1 aromatic heterocycles. The van der Waals surface area contributed by atoms with E-state index in [-0.39, 0.29) is 5.82 Å². The molecule has 0 unspecified atom stereocenters. The molecular formula is C13H19FN2.